The van der Waals surface area contributed by atoms with Crippen molar-refractivity contribution < 1.29 is 5.11 Å². The summed E-state index contributed by atoms with van der Waals surface area (Å²) in [7, 11) is 0. The third-order valence-electron chi connectivity index (χ3n) is 1.84. The minimum atomic E-state index is 0.260. The zero-order valence-electron chi connectivity index (χ0n) is 7.23. The first-order valence-corrected chi connectivity index (χ1v) is 5.33. The van der Waals surface area contributed by atoms with Crippen molar-refractivity contribution in [3.63, 3.8) is 0 Å². The van der Waals surface area contributed by atoms with Crippen molar-refractivity contribution in [1.29, 1.82) is 0 Å². The molecule has 1 unspecified atom stereocenters. The lowest BCUT2D eigenvalue weighted by Crippen LogP contribution is -2.11. The zero-order valence-corrected chi connectivity index (χ0v) is 8.05. The van der Waals surface area contributed by atoms with Crippen molar-refractivity contribution in [3.8, 4) is 0 Å². The van der Waals surface area contributed by atoms with Crippen molar-refractivity contribution >= 4 is 11.8 Å². The molecular weight excluding hydrogens is 168 g/mol. The van der Waals surface area contributed by atoms with E-state index < -0.39 is 0 Å². The summed E-state index contributed by atoms with van der Waals surface area (Å²) in [6.45, 7) is 0.260. The molecule has 0 fully saturated rings. The molecule has 0 amide bonds. The van der Waals surface area contributed by atoms with Crippen LogP contribution in [0.15, 0.2) is 30.3 Å². The number of hydrogen-bond donors (Lipinski definition) is 1. The highest BCUT2D eigenvalue weighted by atomic mass is 32.2. The number of thioether (sulfide) groups is 1. The first kappa shape index (κ1) is 9.62. The van der Waals surface area contributed by atoms with E-state index in [1.54, 1.807) is 11.8 Å². The third-order valence-corrected chi connectivity index (χ3v) is 2.83. The average Bonchev–Trinajstić information content (AvgIpc) is 2.16. The van der Waals surface area contributed by atoms with Crippen molar-refractivity contribution in [2.45, 2.75) is 11.7 Å². The molecule has 1 atom stereocenters. The van der Waals surface area contributed by atoms with Gasteiger partial charge in [0.2, 0.25) is 0 Å². The van der Waals surface area contributed by atoms with E-state index in [0.29, 0.717) is 5.25 Å². The summed E-state index contributed by atoms with van der Waals surface area (Å²) in [5.41, 5.74) is 1.30. The Kier molecular flexibility index (Phi) is 4.19. The van der Waals surface area contributed by atoms with E-state index in [0.717, 1.165) is 6.42 Å². The number of rotatable bonds is 4. The van der Waals surface area contributed by atoms with Gasteiger partial charge < -0.3 is 5.11 Å². The van der Waals surface area contributed by atoms with Crippen molar-refractivity contribution in [1.82, 2.24) is 0 Å². The van der Waals surface area contributed by atoms with E-state index in [1.807, 2.05) is 24.5 Å². The Bertz CT molecular complexity index is 206. The van der Waals surface area contributed by atoms with Gasteiger partial charge in [-0.3, -0.25) is 0 Å². The Morgan fingerprint density at radius 2 is 2.00 bits per heavy atom. The largest absolute Gasteiger partial charge is 0.395 e. The molecule has 1 N–H and O–H groups in total. The standard InChI is InChI=1S/C10H14OS/c1-12-10(8-11)7-9-5-3-2-4-6-9/h2-6,10-11H,7-8H2,1H3. The van der Waals surface area contributed by atoms with Gasteiger partial charge in [-0.2, -0.15) is 11.8 Å². The number of benzene rings is 1. The lowest BCUT2D eigenvalue weighted by Gasteiger charge is -2.10. The molecule has 0 spiro atoms. The van der Waals surface area contributed by atoms with Gasteiger partial charge in [-0.15, -0.1) is 0 Å². The van der Waals surface area contributed by atoms with Crippen molar-refractivity contribution in [3.05, 3.63) is 35.9 Å². The van der Waals surface area contributed by atoms with Crippen LogP contribution in [0.3, 0.4) is 0 Å². The van der Waals surface area contributed by atoms with Gasteiger partial charge in [-0.25, -0.2) is 0 Å². The Balaban J connectivity index is 2.51. The van der Waals surface area contributed by atoms with Gasteiger partial charge in [0, 0.05) is 5.25 Å². The van der Waals surface area contributed by atoms with Crippen LogP contribution in [-0.2, 0) is 6.42 Å². The maximum absolute atomic E-state index is 8.97. The van der Waals surface area contributed by atoms with Gasteiger partial charge in [0.25, 0.3) is 0 Å². The summed E-state index contributed by atoms with van der Waals surface area (Å²) in [5.74, 6) is 0. The fourth-order valence-electron chi connectivity index (χ4n) is 1.10. The highest BCUT2D eigenvalue weighted by Crippen LogP contribution is 2.12. The average molecular weight is 182 g/mol. The first-order valence-electron chi connectivity index (χ1n) is 4.04. The summed E-state index contributed by atoms with van der Waals surface area (Å²) >= 11 is 1.71. The van der Waals surface area contributed by atoms with E-state index in [2.05, 4.69) is 12.1 Å². The second kappa shape index (κ2) is 5.22. The molecule has 2 heteroatoms. The predicted octanol–water partition coefficient (Wildman–Crippen LogP) is 1.95. The van der Waals surface area contributed by atoms with Gasteiger partial charge in [-0.1, -0.05) is 30.3 Å². The van der Waals surface area contributed by atoms with Crippen LogP contribution in [0.1, 0.15) is 5.56 Å². The van der Waals surface area contributed by atoms with Crippen LogP contribution < -0.4 is 0 Å². The quantitative estimate of drug-likeness (QED) is 0.768. The van der Waals surface area contributed by atoms with E-state index in [4.69, 9.17) is 5.11 Å². The minimum absolute atomic E-state index is 0.260. The molecule has 0 aliphatic heterocycles. The Labute approximate surface area is 77.8 Å². The van der Waals surface area contributed by atoms with Crippen LogP contribution in [-0.4, -0.2) is 23.2 Å². The van der Waals surface area contributed by atoms with Gasteiger partial charge in [0.1, 0.15) is 0 Å². The fourth-order valence-corrected chi connectivity index (χ4v) is 1.61. The molecule has 0 aromatic heterocycles. The molecule has 12 heavy (non-hydrogen) atoms. The normalized spacial score (nSPS) is 12.8. The van der Waals surface area contributed by atoms with Crippen molar-refractivity contribution in [2.75, 3.05) is 12.9 Å². The summed E-state index contributed by atoms with van der Waals surface area (Å²) < 4.78 is 0. The number of hydrogen-bond acceptors (Lipinski definition) is 2. The second-order valence-corrected chi connectivity index (χ2v) is 3.87. The first-order chi connectivity index (χ1) is 5.86. The smallest absolute Gasteiger partial charge is 0.0553 e. The maximum atomic E-state index is 8.97. The minimum Gasteiger partial charge on any atom is -0.395 e. The van der Waals surface area contributed by atoms with Gasteiger partial charge >= 0.3 is 0 Å². The van der Waals surface area contributed by atoms with E-state index in [9.17, 15) is 0 Å². The number of aliphatic hydroxyl groups is 1. The third kappa shape index (κ3) is 2.88. The topological polar surface area (TPSA) is 20.2 Å². The molecule has 66 valence electrons. The molecule has 1 aromatic carbocycles. The van der Waals surface area contributed by atoms with E-state index in [-0.39, 0.29) is 6.61 Å². The maximum Gasteiger partial charge on any atom is 0.0553 e. The molecule has 0 saturated heterocycles. The lowest BCUT2D eigenvalue weighted by molar-refractivity contribution is 0.294. The second-order valence-electron chi connectivity index (χ2n) is 2.73. The van der Waals surface area contributed by atoms with Gasteiger partial charge in [0.05, 0.1) is 6.61 Å². The zero-order chi connectivity index (χ0) is 8.81. The Morgan fingerprint density at radius 3 is 2.50 bits per heavy atom. The van der Waals surface area contributed by atoms with Crippen molar-refractivity contribution in [2.24, 2.45) is 0 Å². The molecule has 0 aliphatic rings. The van der Waals surface area contributed by atoms with Crippen LogP contribution in [0.2, 0.25) is 0 Å². The molecule has 1 nitrogen and oxygen atoms in total. The fraction of sp³-hybridized carbons (Fsp3) is 0.400. The SMILES string of the molecule is CSC(CO)Cc1ccccc1. The van der Waals surface area contributed by atoms with Gasteiger partial charge in [-0.05, 0) is 18.2 Å². The monoisotopic (exact) mass is 182 g/mol. The summed E-state index contributed by atoms with van der Waals surface area (Å²) in [4.78, 5) is 0. The molecule has 0 radical (unpaired) electrons. The van der Waals surface area contributed by atoms with Crippen LogP contribution in [0.5, 0.6) is 0 Å². The van der Waals surface area contributed by atoms with Crippen LogP contribution in [0, 0.1) is 0 Å². The lowest BCUT2D eigenvalue weighted by atomic mass is 10.1. The summed E-state index contributed by atoms with van der Waals surface area (Å²) in [5, 5.41) is 9.31. The number of aliphatic hydroxyl groups excluding tert-OH is 1. The highest BCUT2D eigenvalue weighted by molar-refractivity contribution is 7.99. The van der Waals surface area contributed by atoms with Crippen LogP contribution in [0.25, 0.3) is 0 Å². The molecule has 0 aliphatic carbocycles. The Morgan fingerprint density at radius 1 is 1.33 bits per heavy atom. The van der Waals surface area contributed by atoms with E-state index >= 15 is 0 Å². The molecule has 0 bridgehead atoms. The van der Waals surface area contributed by atoms with Crippen LogP contribution >= 0.6 is 11.8 Å². The molecule has 0 heterocycles. The van der Waals surface area contributed by atoms with Gasteiger partial charge in [0.15, 0.2) is 0 Å². The Hall–Kier alpha value is -0.470. The van der Waals surface area contributed by atoms with E-state index in [1.165, 1.54) is 5.56 Å². The molecule has 1 rings (SSSR count). The molecular formula is C10H14OS. The molecule has 0 saturated carbocycles. The predicted molar refractivity (Wildman–Crippen MR) is 54.5 cm³/mol. The summed E-state index contributed by atoms with van der Waals surface area (Å²) in [6.07, 6.45) is 2.99. The van der Waals surface area contributed by atoms with Crippen LogP contribution in [0.4, 0.5) is 0 Å². The molecule has 1 aromatic rings. The highest BCUT2D eigenvalue weighted by Gasteiger charge is 2.04. The summed E-state index contributed by atoms with van der Waals surface area (Å²) in [6, 6.07) is 10.3.